The third-order valence-corrected chi connectivity index (χ3v) is 6.44. The molecule has 30 heavy (non-hydrogen) atoms. The van der Waals surface area contributed by atoms with E-state index in [-0.39, 0.29) is 17.9 Å². The molecule has 0 unspecified atom stereocenters. The lowest BCUT2D eigenvalue weighted by Gasteiger charge is -2.34. The summed E-state index contributed by atoms with van der Waals surface area (Å²) in [5.41, 5.74) is 1.97. The first-order valence-corrected chi connectivity index (χ1v) is 11.1. The second kappa shape index (κ2) is 8.42. The topological polar surface area (TPSA) is 75.4 Å². The third-order valence-electron chi connectivity index (χ3n) is 6.44. The van der Waals surface area contributed by atoms with Crippen molar-refractivity contribution in [3.05, 3.63) is 42.7 Å². The van der Waals surface area contributed by atoms with E-state index >= 15 is 0 Å². The van der Waals surface area contributed by atoms with Crippen molar-refractivity contribution in [1.29, 1.82) is 0 Å². The molecule has 0 bridgehead atoms. The van der Waals surface area contributed by atoms with E-state index in [0.29, 0.717) is 5.78 Å². The molecular weight excluding hydrogens is 376 g/mol. The van der Waals surface area contributed by atoms with Gasteiger partial charge in [-0.3, -0.25) is 4.79 Å². The summed E-state index contributed by atoms with van der Waals surface area (Å²) in [7, 11) is 0. The zero-order valence-corrected chi connectivity index (χ0v) is 17.2. The Bertz CT molecular complexity index is 1000. The fourth-order valence-electron chi connectivity index (χ4n) is 4.72. The lowest BCUT2D eigenvalue weighted by Crippen LogP contribution is -2.47. The maximum atomic E-state index is 12.6. The van der Waals surface area contributed by atoms with Crippen molar-refractivity contribution in [2.24, 2.45) is 5.92 Å². The minimum Gasteiger partial charge on any atom is -0.356 e. The molecule has 2 aromatic heterocycles. The molecule has 1 saturated heterocycles. The Labute approximate surface area is 176 Å². The SMILES string of the molecule is O=C(NC1CCN(c2cc(-c3ccccc3)nc3ncnn23)CC1)C1CCCCC1. The van der Waals surface area contributed by atoms with Gasteiger partial charge in [-0.25, -0.2) is 4.98 Å². The number of carbonyl (C=O) groups excluding carboxylic acids is 1. The smallest absolute Gasteiger partial charge is 0.254 e. The number of aromatic nitrogens is 4. The first-order valence-electron chi connectivity index (χ1n) is 11.1. The largest absolute Gasteiger partial charge is 0.356 e. The number of rotatable bonds is 4. The van der Waals surface area contributed by atoms with Gasteiger partial charge in [0.05, 0.1) is 5.69 Å². The van der Waals surface area contributed by atoms with Crippen molar-refractivity contribution in [3.63, 3.8) is 0 Å². The number of nitrogens with one attached hydrogen (secondary N) is 1. The Morgan fingerprint density at radius 1 is 1.00 bits per heavy atom. The monoisotopic (exact) mass is 404 g/mol. The van der Waals surface area contributed by atoms with Crippen LogP contribution in [0.4, 0.5) is 5.82 Å². The fraction of sp³-hybridized carbons (Fsp3) is 0.478. The Morgan fingerprint density at radius 2 is 1.77 bits per heavy atom. The van der Waals surface area contributed by atoms with Gasteiger partial charge in [0.25, 0.3) is 5.78 Å². The highest BCUT2D eigenvalue weighted by molar-refractivity contribution is 5.79. The molecule has 1 aromatic carbocycles. The van der Waals surface area contributed by atoms with Crippen LogP contribution in [0.5, 0.6) is 0 Å². The van der Waals surface area contributed by atoms with Crippen molar-refractivity contribution in [3.8, 4) is 11.3 Å². The van der Waals surface area contributed by atoms with Crippen LogP contribution in [0.1, 0.15) is 44.9 Å². The summed E-state index contributed by atoms with van der Waals surface area (Å²) < 4.78 is 1.81. The van der Waals surface area contributed by atoms with Crippen molar-refractivity contribution in [2.45, 2.75) is 51.0 Å². The van der Waals surface area contributed by atoms with Crippen LogP contribution in [-0.4, -0.2) is 44.6 Å². The number of fused-ring (bicyclic) bond motifs is 1. The minimum atomic E-state index is 0.222. The van der Waals surface area contributed by atoms with E-state index in [1.807, 2.05) is 22.7 Å². The standard InChI is InChI=1S/C23H28N6O/c30-22(18-9-5-2-6-10-18)26-19-11-13-28(14-12-19)21-15-20(17-7-3-1-4-8-17)27-23-24-16-25-29(21)23/h1,3-4,7-8,15-16,18-19H,2,5-6,9-14H2,(H,26,30). The van der Waals surface area contributed by atoms with Gasteiger partial charge in [-0.2, -0.15) is 14.6 Å². The van der Waals surface area contributed by atoms with Crippen LogP contribution in [0, 0.1) is 5.92 Å². The predicted octanol–water partition coefficient (Wildman–Crippen LogP) is 3.46. The average Bonchev–Trinajstić information content (AvgIpc) is 3.29. The van der Waals surface area contributed by atoms with E-state index in [1.165, 1.54) is 19.3 Å². The molecule has 2 aliphatic rings. The van der Waals surface area contributed by atoms with Gasteiger partial charge in [0.2, 0.25) is 5.91 Å². The van der Waals surface area contributed by atoms with Crippen LogP contribution in [-0.2, 0) is 4.79 Å². The summed E-state index contributed by atoms with van der Waals surface area (Å²) in [6.07, 6.45) is 9.19. The summed E-state index contributed by atoms with van der Waals surface area (Å²) >= 11 is 0. The zero-order chi connectivity index (χ0) is 20.3. The number of amides is 1. The molecule has 156 valence electrons. The highest BCUT2D eigenvalue weighted by Gasteiger charge is 2.27. The van der Waals surface area contributed by atoms with Crippen LogP contribution < -0.4 is 10.2 Å². The van der Waals surface area contributed by atoms with E-state index in [9.17, 15) is 4.79 Å². The number of piperidine rings is 1. The van der Waals surface area contributed by atoms with Crippen molar-refractivity contribution in [2.75, 3.05) is 18.0 Å². The van der Waals surface area contributed by atoms with Gasteiger partial charge in [0, 0.05) is 36.7 Å². The van der Waals surface area contributed by atoms with Gasteiger partial charge in [-0.05, 0) is 25.7 Å². The summed E-state index contributed by atoms with van der Waals surface area (Å²) in [6, 6.07) is 12.5. The second-order valence-corrected chi connectivity index (χ2v) is 8.44. The van der Waals surface area contributed by atoms with Gasteiger partial charge >= 0.3 is 0 Å². The normalized spacial score (nSPS) is 18.6. The number of benzene rings is 1. The Hall–Kier alpha value is -2.96. The molecule has 2 fully saturated rings. The van der Waals surface area contributed by atoms with E-state index in [2.05, 4.69) is 43.5 Å². The molecule has 1 aliphatic heterocycles. The molecule has 0 atom stereocenters. The Morgan fingerprint density at radius 3 is 2.53 bits per heavy atom. The molecule has 7 heteroatoms. The maximum Gasteiger partial charge on any atom is 0.254 e. The van der Waals surface area contributed by atoms with Gasteiger partial charge in [0.15, 0.2) is 0 Å². The molecule has 1 saturated carbocycles. The van der Waals surface area contributed by atoms with Gasteiger partial charge < -0.3 is 10.2 Å². The second-order valence-electron chi connectivity index (χ2n) is 8.44. The van der Waals surface area contributed by atoms with E-state index in [4.69, 9.17) is 0 Å². The van der Waals surface area contributed by atoms with Crippen LogP contribution in [0.3, 0.4) is 0 Å². The van der Waals surface area contributed by atoms with E-state index in [1.54, 1.807) is 6.33 Å². The highest BCUT2D eigenvalue weighted by Crippen LogP contribution is 2.27. The Kier molecular flexibility index (Phi) is 5.34. The Balaban J connectivity index is 1.30. The van der Waals surface area contributed by atoms with Crippen molar-refractivity contribution < 1.29 is 4.79 Å². The van der Waals surface area contributed by atoms with Gasteiger partial charge in [-0.15, -0.1) is 0 Å². The lowest BCUT2D eigenvalue weighted by atomic mass is 9.88. The molecule has 0 radical (unpaired) electrons. The van der Waals surface area contributed by atoms with Crippen LogP contribution in [0.15, 0.2) is 42.7 Å². The number of anilines is 1. The van der Waals surface area contributed by atoms with Crippen LogP contribution >= 0.6 is 0 Å². The summed E-state index contributed by atoms with van der Waals surface area (Å²) in [4.78, 5) is 23.9. The number of hydrogen-bond acceptors (Lipinski definition) is 5. The molecule has 1 N–H and O–H groups in total. The molecule has 5 rings (SSSR count). The maximum absolute atomic E-state index is 12.6. The fourth-order valence-corrected chi connectivity index (χ4v) is 4.72. The average molecular weight is 405 g/mol. The van der Waals surface area contributed by atoms with E-state index < -0.39 is 0 Å². The van der Waals surface area contributed by atoms with E-state index in [0.717, 1.165) is 55.8 Å². The quantitative estimate of drug-likeness (QED) is 0.721. The van der Waals surface area contributed by atoms with Crippen molar-refractivity contribution >= 4 is 17.5 Å². The van der Waals surface area contributed by atoms with Crippen LogP contribution in [0.25, 0.3) is 17.0 Å². The number of hydrogen-bond donors (Lipinski definition) is 1. The molecule has 3 aromatic rings. The molecule has 0 spiro atoms. The van der Waals surface area contributed by atoms with Gasteiger partial charge in [0.1, 0.15) is 12.1 Å². The van der Waals surface area contributed by atoms with Gasteiger partial charge in [-0.1, -0.05) is 49.6 Å². The predicted molar refractivity (Wildman–Crippen MR) is 116 cm³/mol. The molecule has 1 amide bonds. The minimum absolute atomic E-state index is 0.222. The van der Waals surface area contributed by atoms with Crippen molar-refractivity contribution in [1.82, 2.24) is 24.9 Å². The molecule has 3 heterocycles. The summed E-state index contributed by atoms with van der Waals surface area (Å²) in [5.74, 6) is 2.11. The highest BCUT2D eigenvalue weighted by atomic mass is 16.1. The third kappa shape index (κ3) is 3.88. The number of carbonyl (C=O) groups is 1. The molecule has 1 aliphatic carbocycles. The molecular formula is C23H28N6O. The molecule has 7 nitrogen and oxygen atoms in total. The summed E-state index contributed by atoms with van der Waals surface area (Å²) in [6.45, 7) is 1.76. The first-order chi connectivity index (χ1) is 14.8. The lowest BCUT2D eigenvalue weighted by molar-refractivity contribution is -0.126. The zero-order valence-electron chi connectivity index (χ0n) is 17.2. The summed E-state index contributed by atoms with van der Waals surface area (Å²) in [5, 5.41) is 7.71. The number of nitrogens with zero attached hydrogens (tertiary/aromatic N) is 5. The van der Waals surface area contributed by atoms with Crippen LogP contribution in [0.2, 0.25) is 0 Å². The first kappa shape index (κ1) is 19.0.